The minimum atomic E-state index is -0.616. The highest BCUT2D eigenvalue weighted by Gasteiger charge is 2.31. The van der Waals surface area contributed by atoms with E-state index in [0.717, 1.165) is 22.6 Å². The maximum Gasteiger partial charge on any atom is 0.411 e. The molecule has 1 aliphatic heterocycles. The van der Waals surface area contributed by atoms with Gasteiger partial charge < -0.3 is 14.4 Å². The summed E-state index contributed by atoms with van der Waals surface area (Å²) in [7, 11) is 1.62. The Hall–Kier alpha value is -3.02. The monoisotopic (exact) mass is 382 g/mol. The van der Waals surface area contributed by atoms with Crippen molar-refractivity contribution in [1.82, 2.24) is 4.90 Å². The van der Waals surface area contributed by atoms with Crippen molar-refractivity contribution in [3.05, 3.63) is 59.7 Å². The van der Waals surface area contributed by atoms with Gasteiger partial charge in [-0.1, -0.05) is 30.3 Å². The molecule has 6 nitrogen and oxygen atoms in total. The molecule has 0 unspecified atom stereocenters. The molecule has 0 fully saturated rings. The van der Waals surface area contributed by atoms with E-state index < -0.39 is 11.7 Å². The number of benzene rings is 2. The zero-order valence-electron chi connectivity index (χ0n) is 16.8. The van der Waals surface area contributed by atoms with Crippen molar-refractivity contribution in [2.75, 3.05) is 18.6 Å². The zero-order valence-corrected chi connectivity index (χ0v) is 16.8. The van der Waals surface area contributed by atoms with E-state index >= 15 is 0 Å². The Labute approximate surface area is 165 Å². The molecule has 0 saturated heterocycles. The molecule has 0 spiro atoms. The number of fused-ring (bicyclic) bond motifs is 1. The van der Waals surface area contributed by atoms with Crippen LogP contribution in [0.15, 0.2) is 48.5 Å². The molecule has 1 heterocycles. The van der Waals surface area contributed by atoms with E-state index in [0.29, 0.717) is 13.1 Å². The van der Waals surface area contributed by atoms with Crippen LogP contribution in [0, 0.1) is 0 Å². The van der Waals surface area contributed by atoms with Crippen LogP contribution in [0.5, 0.6) is 5.75 Å². The van der Waals surface area contributed by atoms with E-state index in [9.17, 15) is 9.59 Å². The molecule has 0 radical (unpaired) electrons. The number of carbonyl (C=O) groups is 2. The first-order chi connectivity index (χ1) is 13.3. The summed E-state index contributed by atoms with van der Waals surface area (Å²) in [6.07, 6.45) is -0.484. The summed E-state index contributed by atoms with van der Waals surface area (Å²) in [4.78, 5) is 28.8. The van der Waals surface area contributed by atoms with E-state index in [2.05, 4.69) is 0 Å². The van der Waals surface area contributed by atoms with Crippen LogP contribution in [0.2, 0.25) is 0 Å². The molecule has 0 N–H and O–H groups in total. The third-order valence-electron chi connectivity index (χ3n) is 4.42. The predicted molar refractivity (Wildman–Crippen MR) is 107 cm³/mol. The summed E-state index contributed by atoms with van der Waals surface area (Å²) in [6.45, 7) is 6.16. The third-order valence-corrected chi connectivity index (χ3v) is 4.42. The summed E-state index contributed by atoms with van der Waals surface area (Å²) < 4.78 is 10.7. The molecule has 0 aromatic heterocycles. The van der Waals surface area contributed by atoms with Crippen LogP contribution in [-0.2, 0) is 22.6 Å². The van der Waals surface area contributed by atoms with Gasteiger partial charge in [-0.15, -0.1) is 0 Å². The lowest BCUT2D eigenvalue weighted by Crippen LogP contribution is -2.42. The molecule has 2 aromatic carbocycles. The molecule has 28 heavy (non-hydrogen) atoms. The van der Waals surface area contributed by atoms with Crippen molar-refractivity contribution in [3.8, 4) is 5.75 Å². The lowest BCUT2D eigenvalue weighted by molar-refractivity contribution is -0.119. The van der Waals surface area contributed by atoms with Crippen LogP contribution in [0.3, 0.4) is 0 Å². The van der Waals surface area contributed by atoms with E-state index in [1.54, 1.807) is 12.0 Å². The maximum absolute atomic E-state index is 13.0. The largest absolute Gasteiger partial charge is 0.497 e. The first kappa shape index (κ1) is 19.7. The molecular formula is C22H26N2O4. The molecule has 0 bridgehead atoms. The van der Waals surface area contributed by atoms with Gasteiger partial charge in [0.25, 0.3) is 0 Å². The van der Waals surface area contributed by atoms with E-state index in [1.807, 2.05) is 69.3 Å². The number of amides is 2. The average Bonchev–Trinajstić information content (AvgIpc) is 2.78. The SMILES string of the molecule is COc1ccc(CN2C(=O)CN(C(=O)OC(C)(C)C)Cc3ccccc32)cc1. The Bertz CT molecular complexity index is 856. The number of nitrogens with zero attached hydrogens (tertiary/aromatic N) is 2. The van der Waals surface area contributed by atoms with Crippen LogP contribution in [0.1, 0.15) is 31.9 Å². The lowest BCUT2D eigenvalue weighted by atomic mass is 10.1. The standard InChI is InChI=1S/C22H26N2O4/c1-22(2,3)28-21(26)23-14-17-7-5-6-8-19(17)24(20(25)15-23)13-16-9-11-18(27-4)12-10-16/h5-12H,13-15H2,1-4H3. The number of carbonyl (C=O) groups excluding carboxylic acids is 2. The van der Waals surface area contributed by atoms with Crippen molar-refractivity contribution in [2.45, 2.75) is 39.5 Å². The second-order valence-corrected chi connectivity index (χ2v) is 7.79. The molecule has 3 rings (SSSR count). The number of rotatable bonds is 3. The Balaban J connectivity index is 1.88. The summed E-state index contributed by atoms with van der Waals surface area (Å²) in [5.41, 5.74) is 2.09. The van der Waals surface area contributed by atoms with Gasteiger partial charge in [-0.2, -0.15) is 0 Å². The van der Waals surface area contributed by atoms with Gasteiger partial charge in [-0.3, -0.25) is 9.69 Å². The van der Waals surface area contributed by atoms with Crippen LogP contribution in [-0.4, -0.2) is 36.2 Å². The minimum absolute atomic E-state index is 0.0280. The Morgan fingerprint density at radius 3 is 2.36 bits per heavy atom. The Kier molecular flexibility index (Phi) is 5.58. The fourth-order valence-electron chi connectivity index (χ4n) is 3.09. The van der Waals surface area contributed by atoms with E-state index in [1.165, 1.54) is 4.90 Å². The quantitative estimate of drug-likeness (QED) is 0.806. The van der Waals surface area contributed by atoms with Crippen molar-refractivity contribution < 1.29 is 19.1 Å². The lowest BCUT2D eigenvalue weighted by Gasteiger charge is -2.26. The minimum Gasteiger partial charge on any atom is -0.497 e. The highest BCUT2D eigenvalue weighted by molar-refractivity contribution is 5.97. The average molecular weight is 382 g/mol. The number of anilines is 1. The Morgan fingerprint density at radius 2 is 1.71 bits per heavy atom. The molecule has 6 heteroatoms. The molecular weight excluding hydrogens is 356 g/mol. The summed E-state index contributed by atoms with van der Waals surface area (Å²) in [5.74, 6) is 0.620. The van der Waals surface area contributed by atoms with Gasteiger partial charge in [0.05, 0.1) is 20.2 Å². The fraction of sp³-hybridized carbons (Fsp3) is 0.364. The molecule has 1 aliphatic rings. The molecule has 2 amide bonds. The first-order valence-corrected chi connectivity index (χ1v) is 9.26. The van der Waals surface area contributed by atoms with Gasteiger partial charge in [-0.25, -0.2) is 4.79 Å². The van der Waals surface area contributed by atoms with Gasteiger partial charge in [0.2, 0.25) is 5.91 Å². The van der Waals surface area contributed by atoms with Crippen molar-refractivity contribution in [3.63, 3.8) is 0 Å². The molecule has 2 aromatic rings. The van der Waals surface area contributed by atoms with Gasteiger partial charge in [0.15, 0.2) is 0 Å². The summed E-state index contributed by atoms with van der Waals surface area (Å²) >= 11 is 0. The second-order valence-electron chi connectivity index (χ2n) is 7.79. The smallest absolute Gasteiger partial charge is 0.411 e. The van der Waals surface area contributed by atoms with Crippen molar-refractivity contribution in [1.29, 1.82) is 0 Å². The molecule has 0 aliphatic carbocycles. The molecule has 0 saturated carbocycles. The highest BCUT2D eigenvalue weighted by Crippen LogP contribution is 2.28. The van der Waals surface area contributed by atoms with Gasteiger partial charge in [-0.05, 0) is 50.1 Å². The van der Waals surface area contributed by atoms with Crippen LogP contribution < -0.4 is 9.64 Å². The maximum atomic E-state index is 13.0. The molecule has 148 valence electrons. The fourth-order valence-corrected chi connectivity index (χ4v) is 3.09. The number of para-hydroxylation sites is 1. The van der Waals surface area contributed by atoms with Crippen molar-refractivity contribution in [2.24, 2.45) is 0 Å². The molecule has 0 atom stereocenters. The van der Waals surface area contributed by atoms with Gasteiger partial charge >= 0.3 is 6.09 Å². The third kappa shape index (κ3) is 4.63. The number of methoxy groups -OCH3 is 1. The van der Waals surface area contributed by atoms with Crippen LogP contribution in [0.4, 0.5) is 10.5 Å². The summed E-state index contributed by atoms with van der Waals surface area (Å²) in [5, 5.41) is 0. The number of hydrogen-bond acceptors (Lipinski definition) is 4. The summed E-state index contributed by atoms with van der Waals surface area (Å²) in [6, 6.07) is 15.3. The van der Waals surface area contributed by atoms with Crippen LogP contribution >= 0.6 is 0 Å². The van der Waals surface area contributed by atoms with Crippen LogP contribution in [0.25, 0.3) is 0 Å². The van der Waals surface area contributed by atoms with Gasteiger partial charge in [0.1, 0.15) is 17.9 Å². The highest BCUT2D eigenvalue weighted by atomic mass is 16.6. The Morgan fingerprint density at radius 1 is 1.04 bits per heavy atom. The van der Waals surface area contributed by atoms with E-state index in [4.69, 9.17) is 9.47 Å². The second kappa shape index (κ2) is 7.92. The number of hydrogen-bond donors (Lipinski definition) is 0. The van der Waals surface area contributed by atoms with Gasteiger partial charge in [0, 0.05) is 5.69 Å². The predicted octanol–water partition coefficient (Wildman–Crippen LogP) is 3.98. The number of ether oxygens (including phenoxy) is 2. The normalized spacial score (nSPS) is 14.4. The first-order valence-electron chi connectivity index (χ1n) is 9.26. The zero-order chi connectivity index (χ0) is 20.3. The topological polar surface area (TPSA) is 59.1 Å². The van der Waals surface area contributed by atoms with Crippen molar-refractivity contribution >= 4 is 17.7 Å². The van der Waals surface area contributed by atoms with E-state index in [-0.39, 0.29) is 12.5 Å².